The Bertz CT molecular complexity index is 109. The van der Waals surface area contributed by atoms with Crippen LogP contribution in [0.2, 0.25) is 0 Å². The van der Waals surface area contributed by atoms with Gasteiger partial charge in [0, 0.05) is 13.0 Å². The highest BCUT2D eigenvalue weighted by molar-refractivity contribution is 7.74. The molecule has 0 aromatic rings. The third-order valence-corrected chi connectivity index (χ3v) is 1.54. The maximum absolute atomic E-state index is 9.99. The molecule has 9 heavy (non-hydrogen) atoms. The fourth-order valence-corrected chi connectivity index (χ4v) is 1.09. The molecule has 0 aromatic carbocycles. The zero-order valence-corrected chi connectivity index (χ0v) is 5.60. The summed E-state index contributed by atoms with van der Waals surface area (Å²) in [5, 5.41) is 0. The van der Waals surface area contributed by atoms with Gasteiger partial charge < -0.3 is 4.74 Å². The van der Waals surface area contributed by atoms with Crippen LogP contribution in [0.15, 0.2) is 0 Å². The molecular weight excluding hydrogens is 144 g/mol. The summed E-state index contributed by atoms with van der Waals surface area (Å²) in [4.78, 5) is 0. The molecule has 0 saturated carbocycles. The van der Waals surface area contributed by atoms with Crippen LogP contribution in [0, 0.1) is 0 Å². The molecule has 1 fully saturated rings. The van der Waals surface area contributed by atoms with Crippen molar-refractivity contribution in [1.29, 1.82) is 0 Å². The first kappa shape index (κ1) is 7.14. The van der Waals surface area contributed by atoms with Crippen LogP contribution in [0.5, 0.6) is 0 Å². The van der Waals surface area contributed by atoms with E-state index < -0.39 is 11.4 Å². The summed E-state index contributed by atoms with van der Waals surface area (Å²) in [7, 11) is 0. The van der Waals surface area contributed by atoms with Crippen molar-refractivity contribution in [1.82, 2.24) is 0 Å². The van der Waals surface area contributed by atoms with Crippen LogP contribution in [0.1, 0.15) is 6.42 Å². The first-order valence-corrected chi connectivity index (χ1v) is 3.68. The zero-order valence-electron chi connectivity index (χ0n) is 4.78. The average molecular weight is 152 g/mol. The number of hydrogen-bond donors (Lipinski definition) is 1. The molecule has 2 atom stereocenters. The van der Waals surface area contributed by atoms with Crippen molar-refractivity contribution in [3.63, 3.8) is 0 Å². The van der Waals surface area contributed by atoms with E-state index >= 15 is 0 Å². The predicted octanol–water partition coefficient (Wildman–Crippen LogP) is -0.0714. The molecule has 1 aliphatic heterocycles. The van der Waals surface area contributed by atoms with E-state index in [1.54, 1.807) is 0 Å². The van der Waals surface area contributed by atoms with Crippen molar-refractivity contribution < 1.29 is 17.7 Å². The highest BCUT2D eigenvalue weighted by atomic mass is 32.2. The standard InChI is InChI=1S/C4H8O4S/c5-9(6)8-4-1-2-7-3-4/h4H,1-3H2,(H,5,6). The molecule has 0 amide bonds. The van der Waals surface area contributed by atoms with Gasteiger partial charge in [0.1, 0.15) is 6.10 Å². The Morgan fingerprint density at radius 1 is 1.78 bits per heavy atom. The van der Waals surface area contributed by atoms with Gasteiger partial charge in [0.25, 0.3) is 0 Å². The first-order chi connectivity index (χ1) is 4.29. The normalized spacial score (nSPS) is 30.6. The average Bonchev–Trinajstić information content (AvgIpc) is 2.15. The van der Waals surface area contributed by atoms with Gasteiger partial charge in [-0.25, -0.2) is 0 Å². The van der Waals surface area contributed by atoms with E-state index in [1.807, 2.05) is 0 Å². The molecule has 1 heterocycles. The van der Waals surface area contributed by atoms with E-state index in [1.165, 1.54) is 0 Å². The van der Waals surface area contributed by atoms with Gasteiger partial charge in [0.2, 0.25) is 0 Å². The molecule has 0 bridgehead atoms. The quantitative estimate of drug-likeness (QED) is 0.563. The molecule has 1 saturated heterocycles. The van der Waals surface area contributed by atoms with Crippen molar-refractivity contribution >= 4 is 11.4 Å². The second-order valence-electron chi connectivity index (χ2n) is 1.80. The fourth-order valence-electron chi connectivity index (χ4n) is 0.705. The van der Waals surface area contributed by atoms with Gasteiger partial charge in [0.05, 0.1) is 6.61 Å². The van der Waals surface area contributed by atoms with E-state index in [-0.39, 0.29) is 6.10 Å². The van der Waals surface area contributed by atoms with Gasteiger partial charge in [-0.15, -0.1) is 0 Å². The Morgan fingerprint density at radius 2 is 2.56 bits per heavy atom. The van der Waals surface area contributed by atoms with E-state index in [2.05, 4.69) is 4.18 Å². The summed E-state index contributed by atoms with van der Waals surface area (Å²) in [6.45, 7) is 1.06. The SMILES string of the molecule is O=S(O)OC1CCOC1. The molecule has 0 radical (unpaired) electrons. The Kier molecular flexibility index (Phi) is 2.59. The largest absolute Gasteiger partial charge is 0.379 e. The lowest BCUT2D eigenvalue weighted by Crippen LogP contribution is -2.13. The topological polar surface area (TPSA) is 55.8 Å². The van der Waals surface area contributed by atoms with Gasteiger partial charge in [0.15, 0.2) is 0 Å². The lowest BCUT2D eigenvalue weighted by molar-refractivity contribution is 0.143. The smallest absolute Gasteiger partial charge is 0.302 e. The highest BCUT2D eigenvalue weighted by Crippen LogP contribution is 2.08. The molecule has 54 valence electrons. The van der Waals surface area contributed by atoms with Gasteiger partial charge in [-0.2, -0.15) is 4.21 Å². The van der Waals surface area contributed by atoms with Gasteiger partial charge in [-0.1, -0.05) is 0 Å². The van der Waals surface area contributed by atoms with Gasteiger partial charge in [-0.05, 0) is 0 Å². The summed E-state index contributed by atoms with van der Waals surface area (Å²) >= 11 is -2.14. The second-order valence-corrected chi connectivity index (χ2v) is 2.43. The van der Waals surface area contributed by atoms with Crippen LogP contribution < -0.4 is 0 Å². The van der Waals surface area contributed by atoms with Gasteiger partial charge in [-0.3, -0.25) is 8.74 Å². The van der Waals surface area contributed by atoms with E-state index in [9.17, 15) is 4.21 Å². The summed E-state index contributed by atoms with van der Waals surface area (Å²) in [5.74, 6) is 0. The Hall–Kier alpha value is 0.0300. The van der Waals surface area contributed by atoms with Crippen LogP contribution in [-0.4, -0.2) is 28.1 Å². The zero-order chi connectivity index (χ0) is 6.69. The predicted molar refractivity (Wildman–Crippen MR) is 31.1 cm³/mol. The maximum atomic E-state index is 9.99. The van der Waals surface area contributed by atoms with Crippen LogP contribution >= 0.6 is 0 Å². The minimum Gasteiger partial charge on any atom is -0.379 e. The number of rotatable bonds is 2. The minimum absolute atomic E-state index is 0.184. The lowest BCUT2D eigenvalue weighted by atomic mass is 10.3. The lowest BCUT2D eigenvalue weighted by Gasteiger charge is -2.01. The molecule has 0 aliphatic carbocycles. The summed E-state index contributed by atoms with van der Waals surface area (Å²) in [5.41, 5.74) is 0. The Balaban J connectivity index is 2.19. The van der Waals surface area contributed by atoms with E-state index in [0.717, 1.165) is 0 Å². The van der Waals surface area contributed by atoms with Crippen LogP contribution in [0.4, 0.5) is 0 Å². The highest BCUT2D eigenvalue weighted by Gasteiger charge is 2.17. The monoisotopic (exact) mass is 152 g/mol. The molecule has 0 spiro atoms. The summed E-state index contributed by atoms with van der Waals surface area (Å²) in [6, 6.07) is 0. The van der Waals surface area contributed by atoms with Crippen LogP contribution in [0.25, 0.3) is 0 Å². The molecule has 5 heteroatoms. The van der Waals surface area contributed by atoms with E-state index in [4.69, 9.17) is 9.29 Å². The molecule has 4 nitrogen and oxygen atoms in total. The molecule has 1 N–H and O–H groups in total. The molecule has 0 aromatic heterocycles. The number of ether oxygens (including phenoxy) is 1. The fraction of sp³-hybridized carbons (Fsp3) is 1.00. The van der Waals surface area contributed by atoms with Crippen LogP contribution in [-0.2, 0) is 20.3 Å². The molecular formula is C4H8O4S. The van der Waals surface area contributed by atoms with Crippen molar-refractivity contribution in [2.75, 3.05) is 13.2 Å². The number of hydrogen-bond acceptors (Lipinski definition) is 3. The van der Waals surface area contributed by atoms with Crippen LogP contribution in [0.3, 0.4) is 0 Å². The summed E-state index contributed by atoms with van der Waals surface area (Å²) in [6.07, 6.45) is 0.530. The third-order valence-electron chi connectivity index (χ3n) is 1.11. The van der Waals surface area contributed by atoms with Gasteiger partial charge >= 0.3 is 11.4 Å². The molecule has 1 aliphatic rings. The van der Waals surface area contributed by atoms with Crippen molar-refractivity contribution in [2.45, 2.75) is 12.5 Å². The van der Waals surface area contributed by atoms with Crippen molar-refractivity contribution in [3.05, 3.63) is 0 Å². The summed E-state index contributed by atoms with van der Waals surface area (Å²) < 4.78 is 27.6. The molecule has 2 unspecified atom stereocenters. The first-order valence-electron chi connectivity index (χ1n) is 2.65. The van der Waals surface area contributed by atoms with E-state index in [0.29, 0.717) is 19.6 Å². The minimum atomic E-state index is -2.14. The van der Waals surface area contributed by atoms with Crippen molar-refractivity contribution in [3.8, 4) is 0 Å². The second kappa shape index (κ2) is 3.26. The maximum Gasteiger partial charge on any atom is 0.302 e. The molecule has 1 rings (SSSR count). The Morgan fingerprint density at radius 3 is 3.00 bits per heavy atom. The Labute approximate surface area is 55.6 Å². The third kappa shape index (κ3) is 2.40. The van der Waals surface area contributed by atoms with Crippen molar-refractivity contribution in [2.24, 2.45) is 0 Å².